The lowest BCUT2D eigenvalue weighted by Gasteiger charge is -2.08. The Hall–Kier alpha value is -1.95. The molecule has 1 amide bonds. The van der Waals surface area contributed by atoms with E-state index < -0.39 is 17.5 Å². The third-order valence-electron chi connectivity index (χ3n) is 2.39. The summed E-state index contributed by atoms with van der Waals surface area (Å²) in [5, 5.41) is 6.60. The van der Waals surface area contributed by atoms with E-state index in [1.54, 1.807) is 0 Å². The van der Waals surface area contributed by atoms with E-state index in [9.17, 15) is 13.6 Å². The van der Waals surface area contributed by atoms with Crippen molar-refractivity contribution >= 4 is 22.9 Å². The second-order valence-electron chi connectivity index (χ2n) is 3.66. The normalized spacial score (nSPS) is 10.3. The van der Waals surface area contributed by atoms with Crippen molar-refractivity contribution < 1.29 is 13.6 Å². The number of carbonyl (C=O) groups is 1. The average Bonchev–Trinajstić information content (AvgIpc) is 2.80. The lowest BCUT2D eigenvalue weighted by atomic mass is 10.1. The number of anilines is 1. The fraction of sp³-hybridized carbons (Fsp3) is 0.0833. The molecule has 1 aromatic carbocycles. The van der Waals surface area contributed by atoms with Gasteiger partial charge in [0.15, 0.2) is 0 Å². The van der Waals surface area contributed by atoms with Crippen LogP contribution in [-0.2, 0) is 6.54 Å². The Balaban J connectivity index is 2.22. The van der Waals surface area contributed by atoms with Crippen LogP contribution in [0.4, 0.5) is 14.5 Å². The first-order valence-corrected chi connectivity index (χ1v) is 6.06. The van der Waals surface area contributed by atoms with Gasteiger partial charge in [-0.1, -0.05) is 0 Å². The van der Waals surface area contributed by atoms with E-state index in [-0.39, 0.29) is 11.3 Å². The molecular formula is C12H10F2N2OS. The van der Waals surface area contributed by atoms with Crippen LogP contribution in [0.1, 0.15) is 15.9 Å². The predicted molar refractivity (Wildman–Crippen MR) is 66.5 cm³/mol. The molecule has 0 spiro atoms. The number of hydrogen-bond acceptors (Lipinski definition) is 3. The average molecular weight is 268 g/mol. The van der Waals surface area contributed by atoms with E-state index in [0.29, 0.717) is 12.6 Å². The number of nitrogens with one attached hydrogen (secondary N) is 1. The zero-order valence-electron chi connectivity index (χ0n) is 9.24. The van der Waals surface area contributed by atoms with Crippen molar-refractivity contribution in [3.05, 3.63) is 51.7 Å². The van der Waals surface area contributed by atoms with Crippen LogP contribution in [0.15, 0.2) is 29.0 Å². The number of primary amides is 1. The van der Waals surface area contributed by atoms with Crippen molar-refractivity contribution in [1.29, 1.82) is 0 Å². The zero-order chi connectivity index (χ0) is 13.1. The second kappa shape index (κ2) is 5.14. The number of hydrogen-bond donors (Lipinski definition) is 2. The van der Waals surface area contributed by atoms with Gasteiger partial charge in [0.2, 0.25) is 0 Å². The van der Waals surface area contributed by atoms with Crippen molar-refractivity contribution in [2.24, 2.45) is 5.73 Å². The van der Waals surface area contributed by atoms with Gasteiger partial charge in [-0.3, -0.25) is 4.79 Å². The summed E-state index contributed by atoms with van der Waals surface area (Å²) < 4.78 is 26.7. The standard InChI is InChI=1S/C12H10F2N2OS/c13-9-4-10(14)11(3-8(9)12(15)17)16-5-7-1-2-18-6-7/h1-4,6,16H,5H2,(H2,15,17). The van der Waals surface area contributed by atoms with Crippen molar-refractivity contribution in [2.75, 3.05) is 5.32 Å². The van der Waals surface area contributed by atoms with E-state index in [1.807, 2.05) is 16.8 Å². The molecule has 0 saturated carbocycles. The fourth-order valence-corrected chi connectivity index (χ4v) is 2.13. The summed E-state index contributed by atoms with van der Waals surface area (Å²) in [7, 11) is 0. The maximum Gasteiger partial charge on any atom is 0.251 e. The Kier molecular flexibility index (Phi) is 3.57. The van der Waals surface area contributed by atoms with Crippen LogP contribution in [0.25, 0.3) is 0 Å². The molecule has 18 heavy (non-hydrogen) atoms. The fourth-order valence-electron chi connectivity index (χ4n) is 1.46. The predicted octanol–water partition coefficient (Wildman–Crippen LogP) is 2.74. The molecule has 6 heteroatoms. The van der Waals surface area contributed by atoms with Gasteiger partial charge in [0.25, 0.3) is 5.91 Å². The summed E-state index contributed by atoms with van der Waals surface area (Å²) in [6.45, 7) is 0.393. The van der Waals surface area contributed by atoms with Crippen LogP contribution in [0.3, 0.4) is 0 Å². The minimum absolute atomic E-state index is 0.0522. The molecule has 0 saturated heterocycles. The third kappa shape index (κ3) is 2.65. The monoisotopic (exact) mass is 268 g/mol. The largest absolute Gasteiger partial charge is 0.379 e. The van der Waals surface area contributed by atoms with Crippen LogP contribution in [-0.4, -0.2) is 5.91 Å². The quantitative estimate of drug-likeness (QED) is 0.895. The molecule has 3 N–H and O–H groups in total. The van der Waals surface area contributed by atoms with Crippen molar-refractivity contribution in [2.45, 2.75) is 6.54 Å². The minimum atomic E-state index is -0.957. The molecule has 94 valence electrons. The van der Waals surface area contributed by atoms with Gasteiger partial charge in [-0.25, -0.2) is 8.78 Å². The summed E-state index contributed by atoms with van der Waals surface area (Å²) in [5.41, 5.74) is 5.70. The van der Waals surface area contributed by atoms with E-state index in [4.69, 9.17) is 5.73 Å². The number of nitrogens with two attached hydrogens (primary N) is 1. The van der Waals surface area contributed by atoms with Gasteiger partial charge in [-0.2, -0.15) is 11.3 Å². The Morgan fingerprint density at radius 2 is 2.11 bits per heavy atom. The van der Waals surface area contributed by atoms with E-state index in [0.717, 1.165) is 11.6 Å². The van der Waals surface area contributed by atoms with Gasteiger partial charge in [-0.15, -0.1) is 0 Å². The van der Waals surface area contributed by atoms with Gasteiger partial charge >= 0.3 is 0 Å². The molecule has 2 rings (SSSR count). The Morgan fingerprint density at radius 3 is 2.72 bits per heavy atom. The number of amides is 1. The van der Waals surface area contributed by atoms with Gasteiger partial charge in [0.1, 0.15) is 11.6 Å². The highest BCUT2D eigenvalue weighted by atomic mass is 32.1. The molecule has 0 atom stereocenters. The highest BCUT2D eigenvalue weighted by Crippen LogP contribution is 2.20. The van der Waals surface area contributed by atoms with Gasteiger partial charge < -0.3 is 11.1 Å². The maximum atomic E-state index is 13.5. The van der Waals surface area contributed by atoms with Gasteiger partial charge in [0.05, 0.1) is 11.3 Å². The van der Waals surface area contributed by atoms with Crippen molar-refractivity contribution in [3.8, 4) is 0 Å². The minimum Gasteiger partial charge on any atom is -0.379 e. The summed E-state index contributed by atoms with van der Waals surface area (Å²) in [4.78, 5) is 11.0. The van der Waals surface area contributed by atoms with Crippen molar-refractivity contribution in [1.82, 2.24) is 0 Å². The number of thiophene rings is 1. The van der Waals surface area contributed by atoms with Crippen molar-refractivity contribution in [3.63, 3.8) is 0 Å². The number of rotatable bonds is 4. The maximum absolute atomic E-state index is 13.5. The topological polar surface area (TPSA) is 55.1 Å². The number of carbonyl (C=O) groups excluding carboxylic acids is 1. The first-order chi connectivity index (χ1) is 8.58. The molecule has 0 aliphatic rings. The van der Waals surface area contributed by atoms with E-state index >= 15 is 0 Å². The third-order valence-corrected chi connectivity index (χ3v) is 3.12. The molecule has 1 aromatic heterocycles. The Morgan fingerprint density at radius 1 is 1.33 bits per heavy atom. The van der Waals surface area contributed by atoms with Gasteiger partial charge in [-0.05, 0) is 28.5 Å². The number of halogens is 2. The van der Waals surface area contributed by atoms with Crippen LogP contribution < -0.4 is 11.1 Å². The molecule has 0 aliphatic carbocycles. The molecule has 0 bridgehead atoms. The summed E-state index contributed by atoms with van der Waals surface area (Å²) >= 11 is 1.52. The SMILES string of the molecule is NC(=O)c1cc(NCc2ccsc2)c(F)cc1F. The lowest BCUT2D eigenvalue weighted by molar-refractivity contribution is 0.0996. The molecule has 3 nitrogen and oxygen atoms in total. The van der Waals surface area contributed by atoms with Crippen LogP contribution >= 0.6 is 11.3 Å². The molecule has 1 heterocycles. The molecule has 0 radical (unpaired) electrons. The second-order valence-corrected chi connectivity index (χ2v) is 4.44. The molecule has 0 unspecified atom stereocenters. The molecular weight excluding hydrogens is 258 g/mol. The number of benzene rings is 1. The van der Waals surface area contributed by atoms with Gasteiger partial charge in [0, 0.05) is 12.6 Å². The first kappa shape index (κ1) is 12.5. The van der Waals surface area contributed by atoms with Crippen LogP contribution in [0.2, 0.25) is 0 Å². The Labute approximate surface area is 106 Å². The lowest BCUT2D eigenvalue weighted by Crippen LogP contribution is -2.14. The zero-order valence-corrected chi connectivity index (χ0v) is 10.1. The first-order valence-electron chi connectivity index (χ1n) is 5.11. The highest BCUT2D eigenvalue weighted by molar-refractivity contribution is 7.07. The molecule has 2 aromatic rings. The molecule has 0 fully saturated rings. The highest BCUT2D eigenvalue weighted by Gasteiger charge is 2.13. The molecule has 0 aliphatic heterocycles. The Bertz CT molecular complexity index is 570. The van der Waals surface area contributed by atoms with Crippen LogP contribution in [0.5, 0.6) is 0 Å². The summed E-state index contributed by atoms with van der Waals surface area (Å²) in [5.74, 6) is -2.64. The van der Waals surface area contributed by atoms with E-state index in [2.05, 4.69) is 5.32 Å². The van der Waals surface area contributed by atoms with E-state index in [1.165, 1.54) is 11.3 Å². The summed E-state index contributed by atoms with van der Waals surface area (Å²) in [6, 6.07) is 3.61. The summed E-state index contributed by atoms with van der Waals surface area (Å²) in [6.07, 6.45) is 0. The smallest absolute Gasteiger partial charge is 0.251 e. The van der Waals surface area contributed by atoms with Crippen LogP contribution in [0, 0.1) is 11.6 Å².